The first-order valence-electron chi connectivity index (χ1n) is 6.72. The molecule has 1 unspecified atom stereocenters. The van der Waals surface area contributed by atoms with Gasteiger partial charge in [-0.2, -0.15) is 0 Å². The molecule has 3 aromatic rings. The normalized spacial score (nSPS) is 12.7. The van der Waals surface area contributed by atoms with Crippen LogP contribution in [0.3, 0.4) is 0 Å². The van der Waals surface area contributed by atoms with Gasteiger partial charge in [0, 0.05) is 26.5 Å². The number of rotatable bonds is 4. The van der Waals surface area contributed by atoms with Crippen LogP contribution in [0.25, 0.3) is 10.9 Å². The van der Waals surface area contributed by atoms with E-state index in [2.05, 4.69) is 51.9 Å². The second-order valence-electron chi connectivity index (χ2n) is 5.04. The molecule has 2 heterocycles. The van der Waals surface area contributed by atoms with Gasteiger partial charge in [0.05, 0.1) is 17.3 Å². The van der Waals surface area contributed by atoms with Crippen LogP contribution in [0, 0.1) is 6.92 Å². The first-order valence-corrected chi connectivity index (χ1v) is 8.40. The van der Waals surface area contributed by atoms with Crippen LogP contribution in [0.1, 0.15) is 22.2 Å². The standard InChI is InChI=1S/C16H16BrN3S/c1-10-6-15(19-14-5-3-2-4-13(10)14)16(20-18)8-12-7-11(17)9-21-12/h2-7,9,16,20H,8,18H2,1H3. The van der Waals surface area contributed by atoms with E-state index in [1.54, 1.807) is 11.3 Å². The molecule has 1 atom stereocenters. The zero-order valence-corrected chi connectivity index (χ0v) is 14.0. The average molecular weight is 362 g/mol. The minimum atomic E-state index is 0.0128. The van der Waals surface area contributed by atoms with Crippen molar-refractivity contribution >= 4 is 38.2 Å². The smallest absolute Gasteiger partial charge is 0.0708 e. The number of para-hydroxylation sites is 1. The third-order valence-corrected chi connectivity index (χ3v) is 5.25. The maximum Gasteiger partial charge on any atom is 0.0708 e. The van der Waals surface area contributed by atoms with Crippen LogP contribution in [-0.4, -0.2) is 4.98 Å². The molecular formula is C16H16BrN3S. The zero-order chi connectivity index (χ0) is 14.8. The van der Waals surface area contributed by atoms with Crippen LogP contribution in [0.4, 0.5) is 0 Å². The Kier molecular flexibility index (Phi) is 4.35. The van der Waals surface area contributed by atoms with E-state index in [4.69, 9.17) is 10.8 Å². The Bertz CT molecular complexity index is 769. The SMILES string of the molecule is Cc1cc(C(Cc2cc(Br)cs2)NN)nc2ccccc12. The second-order valence-corrected chi connectivity index (χ2v) is 6.95. The van der Waals surface area contributed by atoms with E-state index in [1.165, 1.54) is 15.8 Å². The first-order chi connectivity index (χ1) is 10.2. The van der Waals surface area contributed by atoms with Crippen molar-refractivity contribution in [2.75, 3.05) is 0 Å². The highest BCUT2D eigenvalue weighted by Gasteiger charge is 2.15. The number of halogens is 1. The lowest BCUT2D eigenvalue weighted by Gasteiger charge is -2.16. The van der Waals surface area contributed by atoms with Crippen molar-refractivity contribution in [3.63, 3.8) is 0 Å². The van der Waals surface area contributed by atoms with Gasteiger partial charge in [-0.1, -0.05) is 18.2 Å². The molecule has 0 aliphatic carbocycles. The van der Waals surface area contributed by atoms with E-state index in [1.807, 2.05) is 18.2 Å². The number of aromatic nitrogens is 1. The molecule has 2 aromatic heterocycles. The molecule has 5 heteroatoms. The third kappa shape index (κ3) is 3.16. The highest BCUT2D eigenvalue weighted by Crippen LogP contribution is 2.26. The first kappa shape index (κ1) is 14.7. The molecule has 3 nitrogen and oxygen atoms in total. The molecule has 3 rings (SSSR count). The quantitative estimate of drug-likeness (QED) is 0.542. The summed E-state index contributed by atoms with van der Waals surface area (Å²) in [6.45, 7) is 2.11. The highest BCUT2D eigenvalue weighted by atomic mass is 79.9. The predicted molar refractivity (Wildman–Crippen MR) is 92.3 cm³/mol. The van der Waals surface area contributed by atoms with Crippen molar-refractivity contribution in [3.05, 3.63) is 62.4 Å². The Balaban J connectivity index is 1.96. The molecule has 0 bridgehead atoms. The van der Waals surface area contributed by atoms with E-state index >= 15 is 0 Å². The number of pyridine rings is 1. The molecule has 0 fully saturated rings. The molecule has 3 N–H and O–H groups in total. The number of hydrazine groups is 1. The number of thiophene rings is 1. The van der Waals surface area contributed by atoms with Crippen molar-refractivity contribution < 1.29 is 0 Å². The minimum absolute atomic E-state index is 0.0128. The van der Waals surface area contributed by atoms with Crippen LogP contribution in [0.15, 0.2) is 46.3 Å². The van der Waals surface area contributed by atoms with E-state index in [9.17, 15) is 0 Å². The van der Waals surface area contributed by atoms with Crippen molar-refractivity contribution in [2.45, 2.75) is 19.4 Å². The van der Waals surface area contributed by atoms with Gasteiger partial charge in [0.1, 0.15) is 0 Å². The van der Waals surface area contributed by atoms with Gasteiger partial charge in [0.15, 0.2) is 0 Å². The molecule has 21 heavy (non-hydrogen) atoms. The van der Waals surface area contributed by atoms with Crippen LogP contribution < -0.4 is 11.3 Å². The zero-order valence-electron chi connectivity index (χ0n) is 11.6. The Morgan fingerprint density at radius 1 is 1.33 bits per heavy atom. The summed E-state index contributed by atoms with van der Waals surface area (Å²) in [5, 5.41) is 3.28. The molecule has 0 saturated carbocycles. The summed E-state index contributed by atoms with van der Waals surface area (Å²) in [5.74, 6) is 5.76. The number of nitrogens with zero attached hydrogens (tertiary/aromatic N) is 1. The summed E-state index contributed by atoms with van der Waals surface area (Å²) in [6, 6.07) is 12.5. The number of fused-ring (bicyclic) bond motifs is 1. The number of hydrogen-bond acceptors (Lipinski definition) is 4. The highest BCUT2D eigenvalue weighted by molar-refractivity contribution is 9.10. The number of benzene rings is 1. The fourth-order valence-electron chi connectivity index (χ4n) is 2.46. The van der Waals surface area contributed by atoms with E-state index in [0.29, 0.717) is 0 Å². The van der Waals surface area contributed by atoms with Crippen LogP contribution in [-0.2, 0) is 6.42 Å². The fourth-order valence-corrected chi connectivity index (χ4v) is 3.96. The molecule has 0 radical (unpaired) electrons. The summed E-state index contributed by atoms with van der Waals surface area (Å²) in [6.07, 6.45) is 0.831. The monoisotopic (exact) mass is 361 g/mol. The van der Waals surface area contributed by atoms with Gasteiger partial charge in [-0.15, -0.1) is 11.3 Å². The van der Waals surface area contributed by atoms with Crippen LogP contribution >= 0.6 is 27.3 Å². The number of nitrogens with two attached hydrogens (primary N) is 1. The van der Waals surface area contributed by atoms with E-state index in [-0.39, 0.29) is 6.04 Å². The summed E-state index contributed by atoms with van der Waals surface area (Å²) < 4.78 is 1.11. The number of aryl methyl sites for hydroxylation is 1. The average Bonchev–Trinajstić information content (AvgIpc) is 2.90. The summed E-state index contributed by atoms with van der Waals surface area (Å²) >= 11 is 5.21. The number of nitrogens with one attached hydrogen (secondary N) is 1. The van der Waals surface area contributed by atoms with E-state index in [0.717, 1.165) is 22.1 Å². The van der Waals surface area contributed by atoms with Gasteiger partial charge in [0.2, 0.25) is 0 Å². The van der Waals surface area contributed by atoms with Gasteiger partial charge in [-0.3, -0.25) is 16.3 Å². The molecular weight excluding hydrogens is 346 g/mol. The van der Waals surface area contributed by atoms with Gasteiger partial charge in [0.25, 0.3) is 0 Å². The predicted octanol–water partition coefficient (Wildman–Crippen LogP) is 4.11. The van der Waals surface area contributed by atoms with Crippen molar-refractivity contribution in [1.82, 2.24) is 10.4 Å². The van der Waals surface area contributed by atoms with Gasteiger partial charge >= 0.3 is 0 Å². The van der Waals surface area contributed by atoms with Crippen LogP contribution in [0.5, 0.6) is 0 Å². The Hall–Kier alpha value is -1.27. The molecule has 0 spiro atoms. The van der Waals surface area contributed by atoms with E-state index < -0.39 is 0 Å². The summed E-state index contributed by atoms with van der Waals surface area (Å²) in [5.41, 5.74) is 6.12. The largest absolute Gasteiger partial charge is 0.271 e. The maximum atomic E-state index is 5.76. The van der Waals surface area contributed by atoms with Crippen LogP contribution in [0.2, 0.25) is 0 Å². The maximum absolute atomic E-state index is 5.76. The minimum Gasteiger partial charge on any atom is -0.271 e. The summed E-state index contributed by atoms with van der Waals surface area (Å²) in [7, 11) is 0. The molecule has 0 amide bonds. The topological polar surface area (TPSA) is 50.9 Å². The van der Waals surface area contributed by atoms with Crippen molar-refractivity contribution in [1.29, 1.82) is 0 Å². The molecule has 0 aliphatic heterocycles. The lowest BCUT2D eigenvalue weighted by molar-refractivity contribution is 0.543. The Morgan fingerprint density at radius 3 is 2.86 bits per heavy atom. The molecule has 108 valence electrons. The Morgan fingerprint density at radius 2 is 2.14 bits per heavy atom. The lowest BCUT2D eigenvalue weighted by atomic mass is 10.0. The van der Waals surface area contributed by atoms with Crippen molar-refractivity contribution in [3.8, 4) is 0 Å². The van der Waals surface area contributed by atoms with Gasteiger partial charge in [-0.05, 0) is 46.6 Å². The number of hydrogen-bond donors (Lipinski definition) is 2. The lowest BCUT2D eigenvalue weighted by Crippen LogP contribution is -2.30. The Labute approximate surface area is 136 Å². The molecule has 0 saturated heterocycles. The second kappa shape index (κ2) is 6.23. The third-order valence-electron chi connectivity index (χ3n) is 3.53. The molecule has 1 aromatic carbocycles. The molecule has 0 aliphatic rings. The van der Waals surface area contributed by atoms with Gasteiger partial charge in [-0.25, -0.2) is 0 Å². The van der Waals surface area contributed by atoms with Crippen molar-refractivity contribution in [2.24, 2.45) is 5.84 Å². The van der Waals surface area contributed by atoms with Gasteiger partial charge < -0.3 is 0 Å². The fraction of sp³-hybridized carbons (Fsp3) is 0.188. The summed E-state index contributed by atoms with van der Waals surface area (Å²) in [4.78, 5) is 6.04.